The SMILES string of the molecule is CCCC1(CN(C)Cc2ccc(Br)cc2)CCNCC1. The van der Waals surface area contributed by atoms with Gasteiger partial charge in [-0.3, -0.25) is 0 Å². The molecular formula is C17H27BrN2. The van der Waals surface area contributed by atoms with Gasteiger partial charge in [-0.25, -0.2) is 0 Å². The summed E-state index contributed by atoms with van der Waals surface area (Å²) in [5, 5.41) is 3.50. The van der Waals surface area contributed by atoms with Crippen LogP contribution in [0.25, 0.3) is 0 Å². The number of nitrogens with zero attached hydrogens (tertiary/aromatic N) is 1. The van der Waals surface area contributed by atoms with Crippen LogP contribution in [0, 0.1) is 5.41 Å². The highest BCUT2D eigenvalue weighted by atomic mass is 79.9. The Morgan fingerprint density at radius 2 is 1.85 bits per heavy atom. The maximum atomic E-state index is 3.50. The molecule has 1 aromatic carbocycles. The van der Waals surface area contributed by atoms with E-state index in [9.17, 15) is 0 Å². The lowest BCUT2D eigenvalue weighted by atomic mass is 9.75. The molecule has 1 heterocycles. The van der Waals surface area contributed by atoms with Crippen molar-refractivity contribution in [2.24, 2.45) is 5.41 Å². The van der Waals surface area contributed by atoms with Gasteiger partial charge in [0.05, 0.1) is 0 Å². The van der Waals surface area contributed by atoms with Gasteiger partial charge in [-0.1, -0.05) is 41.4 Å². The summed E-state index contributed by atoms with van der Waals surface area (Å²) in [5.41, 5.74) is 1.93. The fourth-order valence-electron chi connectivity index (χ4n) is 3.50. The minimum absolute atomic E-state index is 0.532. The normalized spacial score (nSPS) is 18.4. The molecule has 0 aliphatic carbocycles. The monoisotopic (exact) mass is 338 g/mol. The first-order valence-corrected chi connectivity index (χ1v) is 8.56. The summed E-state index contributed by atoms with van der Waals surface area (Å²) in [7, 11) is 2.27. The quantitative estimate of drug-likeness (QED) is 0.841. The molecule has 20 heavy (non-hydrogen) atoms. The van der Waals surface area contributed by atoms with Crippen LogP contribution >= 0.6 is 15.9 Å². The summed E-state index contributed by atoms with van der Waals surface area (Å²) in [6.45, 7) is 6.96. The molecule has 112 valence electrons. The van der Waals surface area contributed by atoms with Crippen molar-refractivity contribution in [1.82, 2.24) is 10.2 Å². The van der Waals surface area contributed by atoms with E-state index in [0.717, 1.165) is 11.0 Å². The number of hydrogen-bond donors (Lipinski definition) is 1. The van der Waals surface area contributed by atoms with E-state index in [1.54, 1.807) is 0 Å². The van der Waals surface area contributed by atoms with Crippen molar-refractivity contribution >= 4 is 15.9 Å². The van der Waals surface area contributed by atoms with Crippen LogP contribution in [0.3, 0.4) is 0 Å². The topological polar surface area (TPSA) is 15.3 Å². The maximum absolute atomic E-state index is 3.50. The lowest BCUT2D eigenvalue weighted by Crippen LogP contribution is -2.43. The lowest BCUT2D eigenvalue weighted by molar-refractivity contribution is 0.112. The molecule has 1 aliphatic heterocycles. The van der Waals surface area contributed by atoms with Crippen molar-refractivity contribution in [3.05, 3.63) is 34.3 Å². The van der Waals surface area contributed by atoms with Gasteiger partial charge in [0.15, 0.2) is 0 Å². The van der Waals surface area contributed by atoms with Crippen LogP contribution in [0.5, 0.6) is 0 Å². The highest BCUT2D eigenvalue weighted by Crippen LogP contribution is 2.35. The van der Waals surface area contributed by atoms with Crippen LogP contribution in [0.1, 0.15) is 38.2 Å². The Bertz CT molecular complexity index is 390. The van der Waals surface area contributed by atoms with Crippen molar-refractivity contribution in [2.75, 3.05) is 26.7 Å². The zero-order chi connectivity index (χ0) is 14.4. The first kappa shape index (κ1) is 16.0. The van der Waals surface area contributed by atoms with Gasteiger partial charge in [-0.05, 0) is 62.5 Å². The second kappa shape index (κ2) is 7.58. The lowest BCUT2D eigenvalue weighted by Gasteiger charge is -2.40. The number of benzene rings is 1. The fraction of sp³-hybridized carbons (Fsp3) is 0.647. The fourth-order valence-corrected chi connectivity index (χ4v) is 3.77. The largest absolute Gasteiger partial charge is 0.317 e. The van der Waals surface area contributed by atoms with E-state index in [1.165, 1.54) is 50.9 Å². The van der Waals surface area contributed by atoms with Crippen LogP contribution < -0.4 is 5.32 Å². The second-order valence-corrected chi connectivity index (χ2v) is 7.21. The minimum atomic E-state index is 0.532. The van der Waals surface area contributed by atoms with E-state index in [4.69, 9.17) is 0 Å². The summed E-state index contributed by atoms with van der Waals surface area (Å²) < 4.78 is 1.16. The summed E-state index contributed by atoms with van der Waals surface area (Å²) >= 11 is 3.50. The minimum Gasteiger partial charge on any atom is -0.317 e. The van der Waals surface area contributed by atoms with Crippen molar-refractivity contribution in [3.8, 4) is 0 Å². The number of halogens is 1. The highest BCUT2D eigenvalue weighted by molar-refractivity contribution is 9.10. The third kappa shape index (κ3) is 4.57. The van der Waals surface area contributed by atoms with Crippen LogP contribution in [0.4, 0.5) is 0 Å². The Balaban J connectivity index is 1.93. The second-order valence-electron chi connectivity index (χ2n) is 6.30. The predicted octanol–water partition coefficient (Wildman–Crippen LogP) is 4.05. The molecule has 0 amide bonds. The molecule has 0 saturated carbocycles. The van der Waals surface area contributed by atoms with E-state index >= 15 is 0 Å². The Hall–Kier alpha value is -0.380. The number of hydrogen-bond acceptors (Lipinski definition) is 2. The van der Waals surface area contributed by atoms with Gasteiger partial charge >= 0.3 is 0 Å². The Labute approximate surface area is 132 Å². The highest BCUT2D eigenvalue weighted by Gasteiger charge is 2.32. The summed E-state index contributed by atoms with van der Waals surface area (Å²) in [5.74, 6) is 0. The summed E-state index contributed by atoms with van der Waals surface area (Å²) in [4.78, 5) is 2.50. The van der Waals surface area contributed by atoms with E-state index < -0.39 is 0 Å². The molecule has 2 nitrogen and oxygen atoms in total. The van der Waals surface area contributed by atoms with Gasteiger partial charge in [0.2, 0.25) is 0 Å². The van der Waals surface area contributed by atoms with E-state index in [-0.39, 0.29) is 0 Å². The molecule has 0 unspecified atom stereocenters. The molecular weight excluding hydrogens is 312 g/mol. The molecule has 0 radical (unpaired) electrons. The zero-order valence-electron chi connectivity index (χ0n) is 12.8. The zero-order valence-corrected chi connectivity index (χ0v) is 14.4. The number of nitrogens with one attached hydrogen (secondary N) is 1. The smallest absolute Gasteiger partial charge is 0.0230 e. The average Bonchev–Trinajstić information content (AvgIpc) is 2.42. The summed E-state index contributed by atoms with van der Waals surface area (Å²) in [6, 6.07) is 8.70. The molecule has 0 bridgehead atoms. The molecule has 0 atom stereocenters. The van der Waals surface area contributed by atoms with Crippen LogP contribution in [0.15, 0.2) is 28.7 Å². The molecule has 0 spiro atoms. The Morgan fingerprint density at radius 1 is 1.20 bits per heavy atom. The predicted molar refractivity (Wildman–Crippen MR) is 89.9 cm³/mol. The molecule has 1 aliphatic rings. The van der Waals surface area contributed by atoms with Gasteiger partial charge in [0.1, 0.15) is 0 Å². The number of piperidine rings is 1. The standard InChI is InChI=1S/C17H27BrN2/c1-3-8-17(9-11-19-12-10-17)14-20(2)13-15-4-6-16(18)7-5-15/h4-7,19H,3,8-14H2,1-2H3. The van der Waals surface area contributed by atoms with E-state index in [1.807, 2.05) is 0 Å². The average molecular weight is 339 g/mol. The third-order valence-corrected chi connectivity index (χ3v) is 4.94. The van der Waals surface area contributed by atoms with Gasteiger partial charge in [-0.2, -0.15) is 0 Å². The van der Waals surface area contributed by atoms with Crippen LogP contribution in [-0.2, 0) is 6.54 Å². The molecule has 1 N–H and O–H groups in total. The molecule has 3 heteroatoms. The molecule has 2 rings (SSSR count). The first-order chi connectivity index (χ1) is 9.63. The van der Waals surface area contributed by atoms with Crippen molar-refractivity contribution in [3.63, 3.8) is 0 Å². The van der Waals surface area contributed by atoms with Crippen molar-refractivity contribution in [1.29, 1.82) is 0 Å². The number of rotatable bonds is 6. The van der Waals surface area contributed by atoms with Gasteiger partial charge in [-0.15, -0.1) is 0 Å². The molecule has 1 aromatic rings. The molecule has 1 saturated heterocycles. The Morgan fingerprint density at radius 3 is 2.45 bits per heavy atom. The first-order valence-electron chi connectivity index (χ1n) is 7.77. The summed E-state index contributed by atoms with van der Waals surface area (Å²) in [6.07, 6.45) is 5.31. The van der Waals surface area contributed by atoms with Crippen LogP contribution in [-0.4, -0.2) is 31.6 Å². The van der Waals surface area contributed by atoms with E-state index in [2.05, 4.69) is 64.4 Å². The third-order valence-electron chi connectivity index (χ3n) is 4.42. The molecule has 0 aromatic heterocycles. The van der Waals surface area contributed by atoms with Gasteiger partial charge in [0.25, 0.3) is 0 Å². The van der Waals surface area contributed by atoms with Crippen LogP contribution in [0.2, 0.25) is 0 Å². The van der Waals surface area contributed by atoms with E-state index in [0.29, 0.717) is 5.41 Å². The molecule has 1 fully saturated rings. The van der Waals surface area contributed by atoms with Gasteiger partial charge < -0.3 is 10.2 Å². The van der Waals surface area contributed by atoms with Gasteiger partial charge in [0, 0.05) is 17.6 Å². The van der Waals surface area contributed by atoms with Crippen molar-refractivity contribution in [2.45, 2.75) is 39.2 Å². The maximum Gasteiger partial charge on any atom is 0.0230 e. The Kier molecular flexibility index (Phi) is 6.06. The van der Waals surface area contributed by atoms with Crippen molar-refractivity contribution < 1.29 is 0 Å².